The van der Waals surface area contributed by atoms with Gasteiger partial charge in [-0.15, -0.1) is 0 Å². The summed E-state index contributed by atoms with van der Waals surface area (Å²) in [5.41, 5.74) is 4.83. The number of benzene rings is 4. The van der Waals surface area contributed by atoms with Crippen LogP contribution < -0.4 is 0 Å². The van der Waals surface area contributed by atoms with Gasteiger partial charge in [0.15, 0.2) is 0 Å². The molecule has 0 radical (unpaired) electrons. The van der Waals surface area contributed by atoms with E-state index in [4.69, 9.17) is 0 Å². The van der Waals surface area contributed by atoms with E-state index in [-0.39, 0.29) is 23.0 Å². The fraction of sp³-hybridized carbons (Fsp3) is 0.368. The van der Waals surface area contributed by atoms with Gasteiger partial charge in [0.1, 0.15) is 23.0 Å². The van der Waals surface area contributed by atoms with E-state index in [9.17, 15) is 40.9 Å². The van der Waals surface area contributed by atoms with E-state index in [2.05, 4.69) is 0 Å². The molecule has 8 N–H and O–H groups in total. The molecule has 0 spiro atoms. The number of rotatable bonds is 8. The summed E-state index contributed by atoms with van der Waals surface area (Å²) in [4.78, 5) is 0. The molecule has 1 aliphatic carbocycles. The van der Waals surface area contributed by atoms with E-state index in [0.29, 0.717) is 57.3 Å². The number of aryl methyl sites for hydroxylation is 4. The summed E-state index contributed by atoms with van der Waals surface area (Å²) in [5, 5.41) is 85.3. The monoisotopic (exact) mass is 628 g/mol. The molecular formula is C38H44O8. The van der Waals surface area contributed by atoms with Gasteiger partial charge < -0.3 is 40.9 Å². The van der Waals surface area contributed by atoms with Gasteiger partial charge in [-0.3, -0.25) is 0 Å². The fourth-order valence-corrected chi connectivity index (χ4v) is 7.98. The Hall–Kier alpha value is -4.08. The van der Waals surface area contributed by atoms with Crippen molar-refractivity contribution in [2.75, 3.05) is 0 Å². The molecule has 1 aliphatic rings. The van der Waals surface area contributed by atoms with Crippen LogP contribution in [0.25, 0.3) is 0 Å². The van der Waals surface area contributed by atoms with E-state index in [1.807, 2.05) is 48.5 Å². The standard InChI is InChI=1S/C38H44O8/c1-21-9-29(13-25(17-39)33(21)43)37(30-10-22(2)34(44)26(14-30)18-40)7-5-6-8-38(37,31-11-23(3)35(45)27(15-31)19-41)32-12-24(4)36(46)28(16-32)20-42/h9-16,39-46H,5-8,17-20H2,1-4H3. The molecule has 1 fully saturated rings. The van der Waals surface area contributed by atoms with Crippen LogP contribution >= 0.6 is 0 Å². The second-order valence-electron chi connectivity index (χ2n) is 12.9. The third-order valence-corrected chi connectivity index (χ3v) is 10.3. The van der Waals surface area contributed by atoms with Gasteiger partial charge in [0.05, 0.1) is 26.4 Å². The van der Waals surface area contributed by atoms with Crippen molar-refractivity contribution in [2.24, 2.45) is 0 Å². The van der Waals surface area contributed by atoms with Gasteiger partial charge in [-0.2, -0.15) is 0 Å². The number of hydrogen-bond donors (Lipinski definition) is 8. The van der Waals surface area contributed by atoms with Crippen LogP contribution in [0.15, 0.2) is 48.5 Å². The first-order valence-corrected chi connectivity index (χ1v) is 15.6. The van der Waals surface area contributed by atoms with E-state index in [1.54, 1.807) is 27.7 Å². The molecule has 8 heteroatoms. The number of aromatic hydroxyl groups is 4. The molecule has 5 rings (SSSR count). The van der Waals surface area contributed by atoms with Gasteiger partial charge in [-0.1, -0.05) is 37.1 Å². The van der Waals surface area contributed by atoms with Gasteiger partial charge in [0, 0.05) is 33.1 Å². The second kappa shape index (κ2) is 12.6. The molecule has 1 saturated carbocycles. The van der Waals surface area contributed by atoms with Crippen LogP contribution in [0, 0.1) is 27.7 Å². The maximum atomic E-state index is 10.9. The van der Waals surface area contributed by atoms with Crippen LogP contribution in [-0.4, -0.2) is 40.9 Å². The zero-order chi connectivity index (χ0) is 33.6. The number of aliphatic hydroxyl groups excluding tert-OH is 4. The van der Waals surface area contributed by atoms with Crippen LogP contribution in [0.5, 0.6) is 23.0 Å². The lowest BCUT2D eigenvalue weighted by atomic mass is 9.46. The molecule has 8 nitrogen and oxygen atoms in total. The van der Waals surface area contributed by atoms with Crippen LogP contribution in [0.1, 0.15) is 92.4 Å². The normalized spacial score (nSPS) is 15.7. The summed E-state index contributed by atoms with van der Waals surface area (Å²) in [5.74, 6) is -0.0302. The van der Waals surface area contributed by atoms with Gasteiger partial charge in [-0.05, 0) is 109 Å². The van der Waals surface area contributed by atoms with Crippen molar-refractivity contribution >= 4 is 0 Å². The minimum Gasteiger partial charge on any atom is -0.507 e. The van der Waals surface area contributed by atoms with Crippen LogP contribution in [-0.2, 0) is 37.3 Å². The van der Waals surface area contributed by atoms with Crippen LogP contribution in [0.2, 0.25) is 0 Å². The summed E-state index contributed by atoms with van der Waals surface area (Å²) < 4.78 is 0. The molecule has 0 amide bonds. The Labute approximate surface area is 269 Å². The topological polar surface area (TPSA) is 162 Å². The summed E-state index contributed by atoms with van der Waals surface area (Å²) >= 11 is 0. The highest BCUT2D eigenvalue weighted by atomic mass is 16.3. The third kappa shape index (κ3) is 5.00. The molecule has 0 unspecified atom stereocenters. The first-order valence-electron chi connectivity index (χ1n) is 15.6. The van der Waals surface area contributed by atoms with Crippen LogP contribution in [0.4, 0.5) is 0 Å². The van der Waals surface area contributed by atoms with Crippen molar-refractivity contribution in [3.05, 3.63) is 115 Å². The maximum absolute atomic E-state index is 10.9. The lowest BCUT2D eigenvalue weighted by molar-refractivity contribution is 0.209. The molecule has 4 aromatic carbocycles. The number of hydrogen-bond acceptors (Lipinski definition) is 8. The predicted octanol–water partition coefficient (Wildman–Crippen LogP) is 5.56. The Bertz CT molecular complexity index is 1540. The minimum atomic E-state index is -0.984. The molecule has 0 aromatic heterocycles. The SMILES string of the molecule is Cc1cc(C2(c3cc(C)c(O)c(CO)c3)CCCCC2(c2cc(C)c(O)c(CO)c2)c2cc(C)c(O)c(CO)c2)cc(CO)c1O. The number of aliphatic hydroxyl groups is 4. The van der Waals surface area contributed by atoms with E-state index >= 15 is 0 Å². The van der Waals surface area contributed by atoms with Gasteiger partial charge in [0.2, 0.25) is 0 Å². The van der Waals surface area contributed by atoms with Crippen molar-refractivity contribution in [3.8, 4) is 23.0 Å². The highest BCUT2D eigenvalue weighted by molar-refractivity contribution is 5.63. The summed E-state index contributed by atoms with van der Waals surface area (Å²) in [6.07, 6.45) is 2.72. The third-order valence-electron chi connectivity index (χ3n) is 10.3. The van der Waals surface area contributed by atoms with Crippen molar-refractivity contribution in [1.82, 2.24) is 0 Å². The Morgan fingerprint density at radius 1 is 0.413 bits per heavy atom. The zero-order valence-electron chi connectivity index (χ0n) is 26.9. The number of phenols is 4. The average molecular weight is 629 g/mol. The molecular weight excluding hydrogens is 584 g/mol. The van der Waals surface area contributed by atoms with Crippen molar-refractivity contribution in [3.63, 3.8) is 0 Å². The first kappa shape index (κ1) is 33.3. The lowest BCUT2D eigenvalue weighted by Gasteiger charge is -2.56. The highest BCUT2D eigenvalue weighted by Gasteiger charge is 2.57. The van der Waals surface area contributed by atoms with Gasteiger partial charge in [0.25, 0.3) is 0 Å². The smallest absolute Gasteiger partial charge is 0.124 e. The quantitative estimate of drug-likeness (QED) is 0.126. The van der Waals surface area contributed by atoms with Gasteiger partial charge in [-0.25, -0.2) is 0 Å². The Morgan fingerprint density at radius 2 is 0.630 bits per heavy atom. The van der Waals surface area contributed by atoms with Crippen molar-refractivity contribution < 1.29 is 40.9 Å². The molecule has 0 aliphatic heterocycles. The molecule has 0 bridgehead atoms. The molecule has 46 heavy (non-hydrogen) atoms. The zero-order valence-corrected chi connectivity index (χ0v) is 26.9. The molecule has 0 saturated heterocycles. The first-order chi connectivity index (χ1) is 21.9. The lowest BCUT2D eigenvalue weighted by Crippen LogP contribution is -2.53. The summed E-state index contributed by atoms with van der Waals surface area (Å²) in [6.45, 7) is 5.50. The van der Waals surface area contributed by atoms with Gasteiger partial charge >= 0.3 is 0 Å². The Morgan fingerprint density at radius 3 is 0.826 bits per heavy atom. The Balaban J connectivity index is 2.09. The van der Waals surface area contributed by atoms with E-state index < -0.39 is 37.3 Å². The van der Waals surface area contributed by atoms with E-state index in [0.717, 1.165) is 35.1 Å². The molecule has 0 atom stereocenters. The minimum absolute atomic E-state index is 0.00756. The van der Waals surface area contributed by atoms with Crippen molar-refractivity contribution in [2.45, 2.75) is 90.6 Å². The molecule has 0 heterocycles. The van der Waals surface area contributed by atoms with Crippen molar-refractivity contribution in [1.29, 1.82) is 0 Å². The summed E-state index contributed by atoms with van der Waals surface area (Å²) in [6, 6.07) is 14.9. The fourth-order valence-electron chi connectivity index (χ4n) is 7.98. The second-order valence-corrected chi connectivity index (χ2v) is 12.9. The molecule has 244 valence electrons. The maximum Gasteiger partial charge on any atom is 0.124 e. The Kier molecular flexibility index (Phi) is 9.12. The highest BCUT2D eigenvalue weighted by Crippen LogP contribution is 2.62. The largest absolute Gasteiger partial charge is 0.507 e. The predicted molar refractivity (Wildman–Crippen MR) is 175 cm³/mol. The average Bonchev–Trinajstić information content (AvgIpc) is 3.05. The summed E-state index contributed by atoms with van der Waals surface area (Å²) in [7, 11) is 0. The van der Waals surface area contributed by atoms with Crippen LogP contribution in [0.3, 0.4) is 0 Å². The van der Waals surface area contributed by atoms with E-state index in [1.165, 1.54) is 0 Å². The molecule has 4 aromatic rings.